The fourth-order valence-electron chi connectivity index (χ4n) is 2.00. The Balaban J connectivity index is 1.74. The van der Waals surface area contributed by atoms with Crippen LogP contribution in [0.15, 0.2) is 47.6 Å². The summed E-state index contributed by atoms with van der Waals surface area (Å²) in [4.78, 5) is 11.8. The molecular formula is C18H18Cl2N2O3. The number of hydrazone groups is 1. The van der Waals surface area contributed by atoms with Gasteiger partial charge in [-0.05, 0) is 43.7 Å². The predicted octanol–water partition coefficient (Wildman–Crippen LogP) is 4.40. The summed E-state index contributed by atoms with van der Waals surface area (Å²) >= 11 is 11.8. The summed E-state index contributed by atoms with van der Waals surface area (Å²) in [6, 6.07) is 11.6. The number of phenols is 1. The van der Waals surface area contributed by atoms with Crippen LogP contribution in [0.3, 0.4) is 0 Å². The van der Waals surface area contributed by atoms with E-state index in [9.17, 15) is 9.90 Å². The van der Waals surface area contributed by atoms with Gasteiger partial charge in [-0.2, -0.15) is 5.10 Å². The molecule has 0 bridgehead atoms. The summed E-state index contributed by atoms with van der Waals surface area (Å²) < 4.78 is 5.52. The lowest BCUT2D eigenvalue weighted by atomic mass is 10.1. The Labute approximate surface area is 156 Å². The lowest BCUT2D eigenvalue weighted by Crippen LogP contribution is -2.19. The van der Waals surface area contributed by atoms with Gasteiger partial charge in [0.05, 0.1) is 17.3 Å². The van der Waals surface area contributed by atoms with Gasteiger partial charge in [0.2, 0.25) is 5.91 Å². The van der Waals surface area contributed by atoms with E-state index in [4.69, 9.17) is 27.9 Å². The van der Waals surface area contributed by atoms with Gasteiger partial charge in [0.1, 0.15) is 11.5 Å². The summed E-state index contributed by atoms with van der Waals surface area (Å²) in [6.07, 6.45) is 0.785. The second-order valence-electron chi connectivity index (χ2n) is 5.31. The molecule has 132 valence electrons. The summed E-state index contributed by atoms with van der Waals surface area (Å²) in [7, 11) is 0. The number of ether oxygens (including phenoxy) is 1. The second kappa shape index (κ2) is 9.30. The third-order valence-corrected chi connectivity index (χ3v) is 3.84. The van der Waals surface area contributed by atoms with Crippen LogP contribution in [0.25, 0.3) is 0 Å². The molecule has 1 amide bonds. The topological polar surface area (TPSA) is 70.9 Å². The van der Waals surface area contributed by atoms with E-state index in [1.54, 1.807) is 49.4 Å². The van der Waals surface area contributed by atoms with Crippen molar-refractivity contribution in [3.63, 3.8) is 0 Å². The zero-order valence-corrected chi connectivity index (χ0v) is 15.1. The van der Waals surface area contributed by atoms with Crippen molar-refractivity contribution >= 4 is 34.8 Å². The Morgan fingerprint density at radius 3 is 2.76 bits per heavy atom. The van der Waals surface area contributed by atoms with E-state index in [0.717, 1.165) is 5.56 Å². The SMILES string of the molecule is C/C(=N/NC(=O)CCCOc1ccc(Cl)cc1Cl)c1cccc(O)c1. The second-order valence-corrected chi connectivity index (χ2v) is 6.15. The molecule has 0 unspecified atom stereocenters. The Morgan fingerprint density at radius 1 is 1.24 bits per heavy atom. The van der Waals surface area contributed by atoms with Crippen molar-refractivity contribution in [3.05, 3.63) is 58.1 Å². The van der Waals surface area contributed by atoms with E-state index in [0.29, 0.717) is 34.5 Å². The zero-order chi connectivity index (χ0) is 18.2. The summed E-state index contributed by atoms with van der Waals surface area (Å²) in [5, 5.41) is 14.4. The van der Waals surface area contributed by atoms with Crippen LogP contribution in [0, 0.1) is 0 Å². The summed E-state index contributed by atoms with van der Waals surface area (Å²) in [6.45, 7) is 2.10. The summed E-state index contributed by atoms with van der Waals surface area (Å²) in [5.74, 6) is 0.464. The van der Waals surface area contributed by atoms with Crippen molar-refractivity contribution in [2.45, 2.75) is 19.8 Å². The quantitative estimate of drug-likeness (QED) is 0.424. The number of hydrogen-bond donors (Lipinski definition) is 2. The Hall–Kier alpha value is -2.24. The molecule has 5 nitrogen and oxygen atoms in total. The Bertz CT molecular complexity index is 779. The van der Waals surface area contributed by atoms with Gasteiger partial charge >= 0.3 is 0 Å². The molecule has 0 saturated heterocycles. The highest BCUT2D eigenvalue weighted by Crippen LogP contribution is 2.27. The highest BCUT2D eigenvalue weighted by atomic mass is 35.5. The average molecular weight is 381 g/mol. The number of amides is 1. The van der Waals surface area contributed by atoms with Gasteiger partial charge in [0.25, 0.3) is 0 Å². The molecule has 2 aromatic rings. The molecule has 0 aliphatic rings. The largest absolute Gasteiger partial charge is 0.508 e. The maximum atomic E-state index is 11.8. The van der Waals surface area contributed by atoms with Crippen LogP contribution < -0.4 is 10.2 Å². The molecule has 0 spiro atoms. The number of carbonyl (C=O) groups excluding carboxylic acids is 1. The minimum atomic E-state index is -0.217. The van der Waals surface area contributed by atoms with Gasteiger partial charge in [-0.1, -0.05) is 35.3 Å². The normalized spacial score (nSPS) is 11.2. The number of nitrogens with zero attached hydrogens (tertiary/aromatic N) is 1. The average Bonchev–Trinajstić information content (AvgIpc) is 2.58. The van der Waals surface area contributed by atoms with Crippen LogP contribution in [-0.4, -0.2) is 23.3 Å². The number of phenolic OH excluding ortho intramolecular Hbond substituents is 1. The van der Waals surface area contributed by atoms with Gasteiger partial charge < -0.3 is 9.84 Å². The monoisotopic (exact) mass is 380 g/mol. The number of benzene rings is 2. The molecule has 0 heterocycles. The van der Waals surface area contributed by atoms with Crippen molar-refractivity contribution in [1.29, 1.82) is 0 Å². The lowest BCUT2D eigenvalue weighted by molar-refractivity contribution is -0.121. The van der Waals surface area contributed by atoms with Crippen LogP contribution in [-0.2, 0) is 4.79 Å². The minimum Gasteiger partial charge on any atom is -0.508 e. The van der Waals surface area contributed by atoms with E-state index in [2.05, 4.69) is 10.5 Å². The van der Waals surface area contributed by atoms with E-state index < -0.39 is 0 Å². The molecule has 0 radical (unpaired) electrons. The van der Waals surface area contributed by atoms with Gasteiger partial charge in [-0.25, -0.2) is 5.43 Å². The van der Waals surface area contributed by atoms with Crippen molar-refractivity contribution in [1.82, 2.24) is 5.43 Å². The molecule has 2 N–H and O–H groups in total. The predicted molar refractivity (Wildman–Crippen MR) is 99.7 cm³/mol. The lowest BCUT2D eigenvalue weighted by Gasteiger charge is -2.08. The van der Waals surface area contributed by atoms with E-state index >= 15 is 0 Å². The van der Waals surface area contributed by atoms with Gasteiger partial charge in [0, 0.05) is 17.0 Å². The van der Waals surface area contributed by atoms with E-state index in [1.165, 1.54) is 0 Å². The smallest absolute Gasteiger partial charge is 0.240 e. The maximum Gasteiger partial charge on any atom is 0.240 e. The Morgan fingerprint density at radius 2 is 2.04 bits per heavy atom. The Kier molecular flexibility index (Phi) is 7.10. The van der Waals surface area contributed by atoms with Gasteiger partial charge in [-0.15, -0.1) is 0 Å². The number of rotatable bonds is 7. The molecule has 2 rings (SSSR count). The highest BCUT2D eigenvalue weighted by Gasteiger charge is 2.05. The molecular weight excluding hydrogens is 363 g/mol. The van der Waals surface area contributed by atoms with Crippen LogP contribution >= 0.6 is 23.2 Å². The molecule has 2 aromatic carbocycles. The first-order valence-corrected chi connectivity index (χ1v) is 8.41. The molecule has 25 heavy (non-hydrogen) atoms. The van der Waals surface area contributed by atoms with Crippen LogP contribution in [0.4, 0.5) is 0 Å². The number of halogens is 2. The highest BCUT2D eigenvalue weighted by molar-refractivity contribution is 6.35. The van der Waals surface area contributed by atoms with Crippen molar-refractivity contribution < 1.29 is 14.6 Å². The molecule has 0 fully saturated rings. The molecule has 0 saturated carbocycles. The van der Waals surface area contributed by atoms with Crippen LogP contribution in [0.2, 0.25) is 10.0 Å². The van der Waals surface area contributed by atoms with E-state index in [-0.39, 0.29) is 18.1 Å². The summed E-state index contributed by atoms with van der Waals surface area (Å²) in [5.41, 5.74) is 3.83. The van der Waals surface area contributed by atoms with Gasteiger partial charge in [0.15, 0.2) is 0 Å². The molecule has 7 heteroatoms. The van der Waals surface area contributed by atoms with Crippen molar-refractivity contribution in [2.24, 2.45) is 5.10 Å². The number of hydrogen-bond acceptors (Lipinski definition) is 4. The van der Waals surface area contributed by atoms with Crippen molar-refractivity contribution in [2.75, 3.05) is 6.61 Å². The first kappa shape index (κ1) is 19.1. The number of carbonyl (C=O) groups is 1. The molecule has 0 aliphatic heterocycles. The zero-order valence-electron chi connectivity index (χ0n) is 13.6. The third-order valence-electron chi connectivity index (χ3n) is 3.31. The molecule has 0 aliphatic carbocycles. The maximum absolute atomic E-state index is 11.8. The molecule has 0 atom stereocenters. The first-order chi connectivity index (χ1) is 12.0. The fourth-order valence-corrected chi connectivity index (χ4v) is 2.47. The number of aromatic hydroxyl groups is 1. The van der Waals surface area contributed by atoms with Crippen molar-refractivity contribution in [3.8, 4) is 11.5 Å². The number of nitrogens with one attached hydrogen (secondary N) is 1. The third kappa shape index (κ3) is 6.29. The fraction of sp³-hybridized carbons (Fsp3) is 0.222. The van der Waals surface area contributed by atoms with Crippen LogP contribution in [0.1, 0.15) is 25.3 Å². The van der Waals surface area contributed by atoms with Gasteiger partial charge in [-0.3, -0.25) is 4.79 Å². The first-order valence-electron chi connectivity index (χ1n) is 7.66. The minimum absolute atomic E-state index is 0.149. The molecule has 0 aromatic heterocycles. The standard InChI is InChI=1S/C18H18Cl2N2O3/c1-12(13-4-2-5-15(23)10-13)21-22-18(24)6-3-9-25-17-8-7-14(19)11-16(17)20/h2,4-5,7-8,10-11,23H,3,6,9H2,1H3,(H,22,24)/b21-12-. The van der Waals surface area contributed by atoms with E-state index in [1.807, 2.05) is 0 Å². The van der Waals surface area contributed by atoms with Crippen LogP contribution in [0.5, 0.6) is 11.5 Å².